The molecule has 9 heteroatoms. The van der Waals surface area contributed by atoms with Crippen LogP contribution in [0.1, 0.15) is 10.4 Å². The molecule has 0 aromatic heterocycles. The molecule has 0 spiro atoms. The van der Waals surface area contributed by atoms with Crippen LogP contribution in [-0.4, -0.2) is 25.3 Å². The van der Waals surface area contributed by atoms with Crippen LogP contribution in [0.4, 0.5) is 14.5 Å². The van der Waals surface area contributed by atoms with E-state index in [1.807, 2.05) is 0 Å². The molecular weight excluding hydrogens is 324 g/mol. The number of aromatic carboxylic acids is 1. The van der Waals surface area contributed by atoms with E-state index < -0.39 is 33.0 Å². The largest absolute Gasteiger partial charge is 0.478 e. The number of hydrogen-bond acceptors (Lipinski definition) is 3. The highest BCUT2D eigenvalue weighted by Crippen LogP contribution is 2.28. The van der Waals surface area contributed by atoms with E-state index >= 15 is 0 Å². The van der Waals surface area contributed by atoms with Crippen molar-refractivity contribution in [2.24, 2.45) is 0 Å². The van der Waals surface area contributed by atoms with Gasteiger partial charge in [0.05, 0.1) is 11.3 Å². The Morgan fingerprint density at radius 2 is 2.00 bits per heavy atom. The second kappa shape index (κ2) is 4.96. The molecule has 1 aromatic rings. The summed E-state index contributed by atoms with van der Waals surface area (Å²) in [4.78, 5) is 10.8. The molecule has 0 atom stereocenters. The van der Waals surface area contributed by atoms with Crippen LogP contribution in [0.3, 0.4) is 0 Å². The molecular formula is C8H6BrF2NO4S. The maximum atomic E-state index is 12.1. The van der Waals surface area contributed by atoms with Gasteiger partial charge < -0.3 is 5.11 Å². The molecule has 2 N–H and O–H groups in total. The average Bonchev–Trinajstić information content (AvgIpc) is 2.20. The molecule has 5 nitrogen and oxygen atoms in total. The first-order valence-electron chi connectivity index (χ1n) is 4.07. The first-order valence-corrected chi connectivity index (χ1v) is 6.41. The molecule has 0 aliphatic carbocycles. The van der Waals surface area contributed by atoms with E-state index in [1.165, 1.54) is 16.9 Å². The number of para-hydroxylation sites is 1. The van der Waals surface area contributed by atoms with Crippen molar-refractivity contribution in [2.75, 3.05) is 4.72 Å². The van der Waals surface area contributed by atoms with Gasteiger partial charge in [-0.25, -0.2) is 13.2 Å². The van der Waals surface area contributed by atoms with Crippen molar-refractivity contribution in [2.45, 2.75) is 5.76 Å². The minimum Gasteiger partial charge on any atom is -0.478 e. The van der Waals surface area contributed by atoms with Gasteiger partial charge in [-0.05, 0) is 28.1 Å². The standard InChI is InChI=1S/C8H6BrF2NO4S/c9-5-3-1-2-4(7(13)14)6(5)12-17(15,16)8(10)11/h1-3,8,12H,(H,13,14). The van der Waals surface area contributed by atoms with Crippen LogP contribution in [0.15, 0.2) is 22.7 Å². The van der Waals surface area contributed by atoms with Gasteiger partial charge in [-0.1, -0.05) is 6.07 Å². The van der Waals surface area contributed by atoms with Gasteiger partial charge in [-0.3, -0.25) is 4.72 Å². The number of halogens is 3. The lowest BCUT2D eigenvalue weighted by atomic mass is 10.2. The van der Waals surface area contributed by atoms with Gasteiger partial charge in [0, 0.05) is 4.47 Å². The summed E-state index contributed by atoms with van der Waals surface area (Å²) in [6.45, 7) is 0. The molecule has 94 valence electrons. The molecule has 0 radical (unpaired) electrons. The van der Waals surface area contributed by atoms with Gasteiger partial charge in [0.2, 0.25) is 0 Å². The number of benzene rings is 1. The summed E-state index contributed by atoms with van der Waals surface area (Å²) in [5.41, 5.74) is -0.857. The Hall–Kier alpha value is -1.22. The fourth-order valence-electron chi connectivity index (χ4n) is 0.993. The fraction of sp³-hybridized carbons (Fsp3) is 0.125. The van der Waals surface area contributed by atoms with Crippen LogP contribution in [0.5, 0.6) is 0 Å². The maximum absolute atomic E-state index is 12.1. The van der Waals surface area contributed by atoms with Gasteiger partial charge >= 0.3 is 11.7 Å². The zero-order valence-electron chi connectivity index (χ0n) is 8.02. The van der Waals surface area contributed by atoms with E-state index in [4.69, 9.17) is 5.11 Å². The van der Waals surface area contributed by atoms with E-state index in [2.05, 4.69) is 15.9 Å². The Kier molecular flexibility index (Phi) is 4.04. The Morgan fingerprint density at radius 3 is 2.47 bits per heavy atom. The fourth-order valence-corrected chi connectivity index (χ4v) is 2.18. The van der Waals surface area contributed by atoms with Gasteiger partial charge in [-0.15, -0.1) is 0 Å². The lowest BCUT2D eigenvalue weighted by molar-refractivity contribution is 0.0698. The van der Waals surface area contributed by atoms with Crippen molar-refractivity contribution in [3.63, 3.8) is 0 Å². The zero-order chi connectivity index (χ0) is 13.2. The predicted molar refractivity (Wildman–Crippen MR) is 59.6 cm³/mol. The zero-order valence-corrected chi connectivity index (χ0v) is 10.4. The van der Waals surface area contributed by atoms with E-state index in [9.17, 15) is 22.0 Å². The minimum atomic E-state index is -4.91. The highest BCUT2D eigenvalue weighted by Gasteiger charge is 2.26. The van der Waals surface area contributed by atoms with Gasteiger partial charge in [0.15, 0.2) is 0 Å². The maximum Gasteiger partial charge on any atom is 0.355 e. The number of rotatable bonds is 4. The number of carboxylic acid groups (broad SMARTS) is 1. The lowest BCUT2D eigenvalue weighted by Crippen LogP contribution is -2.22. The normalized spacial score (nSPS) is 11.5. The van der Waals surface area contributed by atoms with Crippen LogP contribution in [0.25, 0.3) is 0 Å². The van der Waals surface area contributed by atoms with Crippen molar-refractivity contribution >= 4 is 37.6 Å². The first kappa shape index (κ1) is 13.8. The summed E-state index contributed by atoms with van der Waals surface area (Å²) in [6.07, 6.45) is 0. The second-order valence-electron chi connectivity index (χ2n) is 2.88. The van der Waals surface area contributed by atoms with Gasteiger partial charge in [0.25, 0.3) is 10.0 Å². The third-order valence-electron chi connectivity index (χ3n) is 1.72. The van der Waals surface area contributed by atoms with Crippen molar-refractivity contribution in [1.29, 1.82) is 0 Å². The first-order chi connectivity index (χ1) is 7.75. The Balaban J connectivity index is 3.28. The molecule has 0 saturated heterocycles. The number of nitrogens with one attached hydrogen (secondary N) is 1. The number of sulfonamides is 1. The molecule has 1 aromatic carbocycles. The summed E-state index contributed by atoms with van der Waals surface area (Å²) in [7, 11) is -4.91. The average molecular weight is 330 g/mol. The van der Waals surface area contributed by atoms with Gasteiger partial charge in [-0.2, -0.15) is 8.78 Å². The molecule has 0 aliphatic heterocycles. The van der Waals surface area contributed by atoms with Gasteiger partial charge in [0.1, 0.15) is 0 Å². The quantitative estimate of drug-likeness (QED) is 0.886. The van der Waals surface area contributed by atoms with E-state index in [0.29, 0.717) is 0 Å². The second-order valence-corrected chi connectivity index (χ2v) is 5.38. The van der Waals surface area contributed by atoms with E-state index in [-0.39, 0.29) is 4.47 Å². The number of carboxylic acids is 1. The molecule has 0 fully saturated rings. The number of anilines is 1. The summed E-state index contributed by atoms with van der Waals surface area (Å²) in [6, 6.07) is 3.76. The summed E-state index contributed by atoms with van der Waals surface area (Å²) >= 11 is 2.88. The summed E-state index contributed by atoms with van der Waals surface area (Å²) in [5, 5.41) is 8.78. The highest BCUT2D eigenvalue weighted by molar-refractivity contribution is 9.10. The molecule has 0 heterocycles. The Morgan fingerprint density at radius 1 is 1.41 bits per heavy atom. The van der Waals surface area contributed by atoms with Crippen molar-refractivity contribution in [3.05, 3.63) is 28.2 Å². The van der Waals surface area contributed by atoms with Crippen LogP contribution < -0.4 is 4.72 Å². The number of hydrogen-bond donors (Lipinski definition) is 2. The molecule has 0 bridgehead atoms. The predicted octanol–water partition coefficient (Wildman–Crippen LogP) is 2.11. The Bertz CT molecular complexity index is 546. The molecule has 1 rings (SSSR count). The van der Waals surface area contributed by atoms with Crippen LogP contribution >= 0.6 is 15.9 Å². The molecule has 0 aliphatic rings. The van der Waals surface area contributed by atoms with Crippen molar-refractivity contribution < 1.29 is 27.1 Å². The van der Waals surface area contributed by atoms with Crippen LogP contribution in [-0.2, 0) is 10.0 Å². The molecule has 17 heavy (non-hydrogen) atoms. The summed E-state index contributed by atoms with van der Waals surface area (Å²) < 4.78 is 47.8. The third kappa shape index (κ3) is 3.13. The monoisotopic (exact) mass is 329 g/mol. The highest BCUT2D eigenvalue weighted by atomic mass is 79.9. The summed E-state index contributed by atoms with van der Waals surface area (Å²) in [5.74, 6) is -5.07. The topological polar surface area (TPSA) is 83.5 Å². The van der Waals surface area contributed by atoms with E-state index in [0.717, 1.165) is 6.07 Å². The molecule has 0 saturated carbocycles. The van der Waals surface area contributed by atoms with Crippen molar-refractivity contribution in [3.8, 4) is 0 Å². The SMILES string of the molecule is O=C(O)c1cccc(Br)c1NS(=O)(=O)C(F)F. The third-order valence-corrected chi connectivity index (χ3v) is 3.34. The van der Waals surface area contributed by atoms with Crippen LogP contribution in [0.2, 0.25) is 0 Å². The minimum absolute atomic E-state index is 0.0571. The lowest BCUT2D eigenvalue weighted by Gasteiger charge is -2.11. The number of carbonyl (C=O) groups is 1. The van der Waals surface area contributed by atoms with E-state index in [1.54, 1.807) is 0 Å². The Labute approximate surface area is 104 Å². The number of alkyl halides is 2. The van der Waals surface area contributed by atoms with Crippen molar-refractivity contribution in [1.82, 2.24) is 0 Å². The van der Waals surface area contributed by atoms with Crippen LogP contribution in [0, 0.1) is 0 Å². The molecule has 0 unspecified atom stereocenters. The smallest absolute Gasteiger partial charge is 0.355 e. The molecule has 0 amide bonds.